The van der Waals surface area contributed by atoms with Crippen molar-refractivity contribution in [1.29, 1.82) is 0 Å². The molecular formula is C13H22N2O3S. The van der Waals surface area contributed by atoms with Gasteiger partial charge in [0.05, 0.1) is 0 Å². The molecule has 0 spiro atoms. The maximum atomic E-state index is 12.2. The summed E-state index contributed by atoms with van der Waals surface area (Å²) >= 11 is 1.61. The topological polar surface area (TPSA) is 75.3 Å². The minimum absolute atomic E-state index is 0.164. The molecule has 1 fully saturated rings. The van der Waals surface area contributed by atoms with Gasteiger partial charge in [0.15, 0.2) is 0 Å². The highest BCUT2D eigenvalue weighted by Gasteiger charge is 2.53. The van der Waals surface area contributed by atoms with Crippen molar-refractivity contribution in [3.63, 3.8) is 0 Å². The van der Waals surface area contributed by atoms with Gasteiger partial charge in [0.25, 0.3) is 0 Å². The summed E-state index contributed by atoms with van der Waals surface area (Å²) in [5, 5.41) is 4.30. The van der Waals surface area contributed by atoms with Gasteiger partial charge in [-0.15, -0.1) is 0 Å². The van der Waals surface area contributed by atoms with Crippen molar-refractivity contribution in [1.82, 2.24) is 10.6 Å². The quantitative estimate of drug-likeness (QED) is 0.731. The summed E-state index contributed by atoms with van der Waals surface area (Å²) in [6.45, 7) is 8.00. The van der Waals surface area contributed by atoms with Crippen LogP contribution in [0.15, 0.2) is 0 Å². The standard InChI is InChI=1S/C13H22N2O3S/c1-5-6-13(9(4)19-7-8(2)3)10(16)14-12(18)15-11(13)17/h8-9H,5-7H2,1-4H3,(H2,14,15,16,17,18). The maximum absolute atomic E-state index is 12.2. The number of amides is 4. The molecule has 19 heavy (non-hydrogen) atoms. The van der Waals surface area contributed by atoms with Crippen molar-refractivity contribution in [2.75, 3.05) is 5.75 Å². The zero-order valence-electron chi connectivity index (χ0n) is 11.9. The molecule has 1 heterocycles. The molecule has 1 rings (SSSR count). The van der Waals surface area contributed by atoms with Crippen LogP contribution in [0.1, 0.15) is 40.5 Å². The molecule has 4 amide bonds. The number of imide groups is 2. The minimum atomic E-state index is -1.14. The van der Waals surface area contributed by atoms with Crippen LogP contribution in [0.25, 0.3) is 0 Å². The molecule has 1 aliphatic rings. The lowest BCUT2D eigenvalue weighted by Gasteiger charge is -2.38. The van der Waals surface area contributed by atoms with Crippen molar-refractivity contribution in [3.05, 3.63) is 0 Å². The first-order valence-corrected chi connectivity index (χ1v) is 7.68. The summed E-state index contributed by atoms with van der Waals surface area (Å²) in [6, 6.07) is -0.720. The average Bonchev–Trinajstić information content (AvgIpc) is 2.30. The molecule has 0 aromatic heterocycles. The third-order valence-corrected chi connectivity index (χ3v) is 5.04. The molecule has 1 aliphatic heterocycles. The highest BCUT2D eigenvalue weighted by atomic mass is 32.2. The monoisotopic (exact) mass is 286 g/mol. The number of carbonyl (C=O) groups is 3. The summed E-state index contributed by atoms with van der Waals surface area (Å²) in [4.78, 5) is 35.6. The van der Waals surface area contributed by atoms with Gasteiger partial charge in [-0.05, 0) is 18.1 Å². The van der Waals surface area contributed by atoms with Crippen molar-refractivity contribution >= 4 is 29.6 Å². The second-order valence-electron chi connectivity index (χ2n) is 5.33. The van der Waals surface area contributed by atoms with E-state index in [1.807, 2.05) is 13.8 Å². The fraction of sp³-hybridized carbons (Fsp3) is 0.769. The lowest BCUT2D eigenvalue weighted by molar-refractivity contribution is -0.144. The highest BCUT2D eigenvalue weighted by molar-refractivity contribution is 8.00. The highest BCUT2D eigenvalue weighted by Crippen LogP contribution is 2.38. The predicted molar refractivity (Wildman–Crippen MR) is 75.8 cm³/mol. The van der Waals surface area contributed by atoms with E-state index in [0.29, 0.717) is 18.8 Å². The fourth-order valence-corrected chi connectivity index (χ4v) is 3.53. The summed E-state index contributed by atoms with van der Waals surface area (Å²) in [5.74, 6) is 0.433. The van der Waals surface area contributed by atoms with E-state index in [2.05, 4.69) is 24.5 Å². The van der Waals surface area contributed by atoms with E-state index in [-0.39, 0.29) is 5.25 Å². The van der Waals surface area contributed by atoms with E-state index in [0.717, 1.165) is 5.75 Å². The third kappa shape index (κ3) is 3.29. The summed E-state index contributed by atoms with van der Waals surface area (Å²) < 4.78 is 0. The molecule has 108 valence electrons. The zero-order valence-corrected chi connectivity index (χ0v) is 12.7. The SMILES string of the molecule is CCCC1(C(C)SCC(C)C)C(=O)NC(=O)NC1=O. The summed E-state index contributed by atoms with van der Waals surface area (Å²) in [5.41, 5.74) is -1.14. The smallest absolute Gasteiger partial charge is 0.277 e. The Balaban J connectivity index is 2.97. The largest absolute Gasteiger partial charge is 0.328 e. The van der Waals surface area contributed by atoms with Crippen molar-refractivity contribution < 1.29 is 14.4 Å². The molecule has 0 radical (unpaired) electrons. The molecule has 6 heteroatoms. The normalized spacial score (nSPS) is 20.2. The van der Waals surface area contributed by atoms with Crippen LogP contribution in [-0.2, 0) is 9.59 Å². The Hall–Kier alpha value is -1.04. The Morgan fingerprint density at radius 1 is 1.11 bits per heavy atom. The van der Waals surface area contributed by atoms with Crippen molar-refractivity contribution in [2.45, 2.75) is 45.8 Å². The number of rotatable bonds is 6. The Morgan fingerprint density at radius 2 is 1.63 bits per heavy atom. The van der Waals surface area contributed by atoms with Crippen LogP contribution in [0, 0.1) is 11.3 Å². The van der Waals surface area contributed by atoms with Gasteiger partial charge in [0.1, 0.15) is 5.41 Å². The van der Waals surface area contributed by atoms with Gasteiger partial charge in [-0.3, -0.25) is 20.2 Å². The number of carbonyl (C=O) groups excluding carboxylic acids is 3. The van der Waals surface area contributed by atoms with Crippen LogP contribution in [0.2, 0.25) is 0 Å². The van der Waals surface area contributed by atoms with E-state index >= 15 is 0 Å². The van der Waals surface area contributed by atoms with Crippen LogP contribution in [0.5, 0.6) is 0 Å². The van der Waals surface area contributed by atoms with E-state index in [9.17, 15) is 14.4 Å². The molecule has 1 unspecified atom stereocenters. The molecular weight excluding hydrogens is 264 g/mol. The van der Waals surface area contributed by atoms with E-state index in [4.69, 9.17) is 0 Å². The maximum Gasteiger partial charge on any atom is 0.328 e. The van der Waals surface area contributed by atoms with E-state index in [1.165, 1.54) is 0 Å². The molecule has 0 aliphatic carbocycles. The van der Waals surface area contributed by atoms with Gasteiger partial charge in [-0.25, -0.2) is 4.79 Å². The predicted octanol–water partition coefficient (Wildman–Crippen LogP) is 1.92. The van der Waals surface area contributed by atoms with E-state index in [1.54, 1.807) is 11.8 Å². The van der Waals surface area contributed by atoms with Crippen LogP contribution in [0.4, 0.5) is 4.79 Å². The van der Waals surface area contributed by atoms with Gasteiger partial charge < -0.3 is 0 Å². The first-order chi connectivity index (χ1) is 8.84. The molecule has 1 atom stereocenters. The molecule has 0 aromatic carbocycles. The first kappa shape index (κ1) is 16.0. The number of thioether (sulfide) groups is 1. The van der Waals surface area contributed by atoms with Gasteiger partial charge in [0, 0.05) is 5.25 Å². The lowest BCUT2D eigenvalue weighted by atomic mass is 9.77. The molecule has 2 N–H and O–H groups in total. The second-order valence-corrected chi connectivity index (χ2v) is 6.70. The van der Waals surface area contributed by atoms with Gasteiger partial charge in [-0.2, -0.15) is 11.8 Å². The van der Waals surface area contributed by atoms with Crippen molar-refractivity contribution in [3.8, 4) is 0 Å². The number of urea groups is 1. The van der Waals surface area contributed by atoms with Gasteiger partial charge in [0.2, 0.25) is 11.8 Å². The van der Waals surface area contributed by atoms with Crippen LogP contribution < -0.4 is 10.6 Å². The molecule has 0 bridgehead atoms. The first-order valence-electron chi connectivity index (χ1n) is 6.63. The minimum Gasteiger partial charge on any atom is -0.277 e. The van der Waals surface area contributed by atoms with Crippen LogP contribution in [-0.4, -0.2) is 28.8 Å². The average molecular weight is 286 g/mol. The molecule has 5 nitrogen and oxygen atoms in total. The third-order valence-electron chi connectivity index (χ3n) is 3.28. The molecule has 1 saturated heterocycles. The Kier molecular flexibility index (Phi) is 5.40. The zero-order chi connectivity index (χ0) is 14.6. The van der Waals surface area contributed by atoms with Gasteiger partial charge in [-0.1, -0.05) is 34.1 Å². The molecule has 0 aromatic rings. The summed E-state index contributed by atoms with van der Waals surface area (Å²) in [7, 11) is 0. The molecule has 0 saturated carbocycles. The fourth-order valence-electron chi connectivity index (χ4n) is 2.24. The van der Waals surface area contributed by atoms with Crippen LogP contribution >= 0.6 is 11.8 Å². The Bertz CT molecular complexity index is 362. The van der Waals surface area contributed by atoms with Gasteiger partial charge >= 0.3 is 6.03 Å². The lowest BCUT2D eigenvalue weighted by Crippen LogP contribution is -2.65. The number of hydrogen-bond acceptors (Lipinski definition) is 4. The summed E-state index contributed by atoms with van der Waals surface area (Å²) in [6.07, 6.45) is 1.16. The number of hydrogen-bond donors (Lipinski definition) is 2. The number of barbiturate groups is 1. The van der Waals surface area contributed by atoms with E-state index < -0.39 is 23.3 Å². The second kappa shape index (κ2) is 6.41. The Labute approximate surface area is 118 Å². The Morgan fingerprint density at radius 3 is 2.05 bits per heavy atom. The number of nitrogens with one attached hydrogen (secondary N) is 2. The van der Waals surface area contributed by atoms with Crippen molar-refractivity contribution in [2.24, 2.45) is 11.3 Å². The van der Waals surface area contributed by atoms with Crippen LogP contribution in [0.3, 0.4) is 0 Å².